The largest absolute Gasteiger partial charge is 0.507 e. The summed E-state index contributed by atoms with van der Waals surface area (Å²) >= 11 is 0. The zero-order chi connectivity index (χ0) is 23.1. The maximum Gasteiger partial charge on any atom is 0.414 e. The number of nitrogens with zero attached hydrogens (tertiary/aromatic N) is 1. The van der Waals surface area contributed by atoms with Gasteiger partial charge in [0.1, 0.15) is 17.1 Å². The van der Waals surface area contributed by atoms with Crippen LogP contribution in [0, 0.1) is 5.92 Å². The summed E-state index contributed by atoms with van der Waals surface area (Å²) in [5, 5.41) is 22.6. The third kappa shape index (κ3) is 4.60. The fourth-order valence-corrected chi connectivity index (χ4v) is 5.00. The van der Waals surface area contributed by atoms with Crippen molar-refractivity contribution in [2.75, 3.05) is 11.4 Å². The Hall–Kier alpha value is -2.43. The summed E-state index contributed by atoms with van der Waals surface area (Å²) in [7, 11) is 0. The molecule has 0 aromatic heterocycles. The smallest absolute Gasteiger partial charge is 0.414 e. The minimum Gasteiger partial charge on any atom is -0.507 e. The van der Waals surface area contributed by atoms with E-state index in [0.29, 0.717) is 17.8 Å². The number of phenols is 2. The lowest BCUT2D eigenvalue weighted by Gasteiger charge is -2.38. The first kappa shape index (κ1) is 23.2. The summed E-state index contributed by atoms with van der Waals surface area (Å²) in [6, 6.07) is 1.64. The molecule has 170 valence electrons. The topological polar surface area (TPSA) is 70.0 Å². The number of fused-ring (bicyclic) bond motifs is 1. The van der Waals surface area contributed by atoms with E-state index in [9.17, 15) is 15.0 Å². The highest BCUT2D eigenvalue weighted by molar-refractivity contribution is 5.91. The number of rotatable bonds is 3. The molecule has 0 unspecified atom stereocenters. The molecule has 1 aromatic carbocycles. The summed E-state index contributed by atoms with van der Waals surface area (Å²) in [5.74, 6) is 0.265. The van der Waals surface area contributed by atoms with Crippen LogP contribution in [0.1, 0.15) is 90.2 Å². The average molecular weight is 428 g/mol. The van der Waals surface area contributed by atoms with E-state index in [1.807, 2.05) is 27.7 Å². The van der Waals surface area contributed by atoms with Gasteiger partial charge >= 0.3 is 6.09 Å². The van der Waals surface area contributed by atoms with E-state index in [1.54, 1.807) is 11.0 Å². The Kier molecular flexibility index (Phi) is 6.45. The summed E-state index contributed by atoms with van der Waals surface area (Å²) in [4.78, 5) is 14.4. The first-order valence-corrected chi connectivity index (χ1v) is 11.4. The number of anilines is 1. The Balaban J connectivity index is 2.15. The molecule has 0 radical (unpaired) electrons. The fourth-order valence-electron chi connectivity index (χ4n) is 5.00. The van der Waals surface area contributed by atoms with Crippen LogP contribution in [0.25, 0.3) is 0 Å². The van der Waals surface area contributed by atoms with Gasteiger partial charge in [-0.3, -0.25) is 4.90 Å². The first-order chi connectivity index (χ1) is 14.4. The molecule has 2 aliphatic rings. The Morgan fingerprint density at radius 2 is 1.94 bits per heavy atom. The first-order valence-electron chi connectivity index (χ1n) is 11.4. The number of hydrogen-bond donors (Lipinski definition) is 2. The summed E-state index contributed by atoms with van der Waals surface area (Å²) < 4.78 is 5.59. The average Bonchev–Trinajstić information content (AvgIpc) is 2.65. The minimum atomic E-state index is -0.623. The molecule has 5 nitrogen and oxygen atoms in total. The molecule has 1 aromatic rings. The van der Waals surface area contributed by atoms with Crippen LogP contribution in [0.2, 0.25) is 0 Å². The standard InChI is InChI=1S/C26H37NO4/c1-8-17-11-12-27(25(30)31-26(5,6)7)20-14-21(28)23(24(29)22(17)20)19-13-16(4)9-10-18(19)15(2)3/h13-14,17-19,28-29H,2,8-12H2,1,3-7H3/t17-,18+,19-/m1/s1. The molecule has 0 bridgehead atoms. The lowest BCUT2D eigenvalue weighted by atomic mass is 9.72. The van der Waals surface area contributed by atoms with E-state index in [-0.39, 0.29) is 29.3 Å². The minimum absolute atomic E-state index is 0.0174. The molecular formula is C26H37NO4. The molecule has 0 saturated heterocycles. The molecule has 3 atom stereocenters. The molecular weight excluding hydrogens is 390 g/mol. The summed E-state index contributed by atoms with van der Waals surface area (Å²) in [5.41, 5.74) is 3.52. The lowest BCUT2D eigenvalue weighted by molar-refractivity contribution is 0.0576. The summed E-state index contributed by atoms with van der Waals surface area (Å²) in [6.45, 7) is 16.3. The lowest BCUT2D eigenvalue weighted by Crippen LogP contribution is -2.40. The van der Waals surface area contributed by atoms with Crippen molar-refractivity contribution in [3.63, 3.8) is 0 Å². The predicted molar refractivity (Wildman–Crippen MR) is 125 cm³/mol. The van der Waals surface area contributed by atoms with Gasteiger partial charge in [-0.25, -0.2) is 4.79 Å². The normalized spacial score (nSPS) is 23.7. The zero-order valence-corrected chi connectivity index (χ0v) is 19.8. The van der Waals surface area contributed by atoms with Crippen LogP contribution in [0.3, 0.4) is 0 Å². The molecule has 0 fully saturated rings. The van der Waals surface area contributed by atoms with E-state index >= 15 is 0 Å². The number of phenolic OH excluding ortho intramolecular Hbond substituents is 2. The molecule has 0 saturated carbocycles. The van der Waals surface area contributed by atoms with Crippen molar-refractivity contribution in [1.29, 1.82) is 0 Å². The van der Waals surface area contributed by atoms with Gasteiger partial charge in [0.15, 0.2) is 0 Å². The van der Waals surface area contributed by atoms with Crippen molar-refractivity contribution in [2.45, 2.75) is 84.7 Å². The molecule has 2 N–H and O–H groups in total. The monoisotopic (exact) mass is 427 g/mol. The van der Waals surface area contributed by atoms with Crippen LogP contribution < -0.4 is 4.90 Å². The Morgan fingerprint density at radius 3 is 2.52 bits per heavy atom. The fraction of sp³-hybridized carbons (Fsp3) is 0.577. The van der Waals surface area contributed by atoms with Crippen LogP contribution in [0.4, 0.5) is 10.5 Å². The molecule has 5 heteroatoms. The van der Waals surface area contributed by atoms with Crippen LogP contribution in [-0.4, -0.2) is 28.5 Å². The SMILES string of the molecule is C=C(C)[C@@H]1CCC(C)=C[C@H]1c1c(O)cc2c(c1O)[C@H](CC)CCN2C(=O)OC(C)(C)C. The van der Waals surface area contributed by atoms with E-state index < -0.39 is 11.7 Å². The van der Waals surface area contributed by atoms with Crippen LogP contribution in [0.5, 0.6) is 11.5 Å². The van der Waals surface area contributed by atoms with Crippen LogP contribution >= 0.6 is 0 Å². The maximum absolute atomic E-state index is 12.9. The van der Waals surface area contributed by atoms with Gasteiger partial charge in [-0.2, -0.15) is 0 Å². The number of ether oxygens (including phenoxy) is 1. The van der Waals surface area contributed by atoms with Gasteiger partial charge in [0.05, 0.1) is 5.69 Å². The Bertz CT molecular complexity index is 909. The molecule has 1 aliphatic heterocycles. The van der Waals surface area contributed by atoms with Gasteiger partial charge in [-0.1, -0.05) is 30.7 Å². The molecule has 1 aliphatic carbocycles. The number of aromatic hydroxyl groups is 2. The molecule has 1 heterocycles. The molecule has 0 spiro atoms. The Morgan fingerprint density at radius 1 is 1.26 bits per heavy atom. The third-order valence-electron chi connectivity index (χ3n) is 6.56. The predicted octanol–water partition coefficient (Wildman–Crippen LogP) is 6.75. The van der Waals surface area contributed by atoms with Gasteiger partial charge in [-0.15, -0.1) is 0 Å². The number of carbonyl (C=O) groups excluding carboxylic acids is 1. The van der Waals surface area contributed by atoms with Crippen LogP contribution in [-0.2, 0) is 4.74 Å². The van der Waals surface area contributed by atoms with Crippen molar-refractivity contribution in [3.8, 4) is 11.5 Å². The van der Waals surface area contributed by atoms with Crippen molar-refractivity contribution < 1.29 is 19.7 Å². The molecule has 3 rings (SSSR count). The van der Waals surface area contributed by atoms with Crippen LogP contribution in [0.15, 0.2) is 29.9 Å². The van der Waals surface area contributed by atoms with Crippen molar-refractivity contribution in [1.82, 2.24) is 0 Å². The second-order valence-electron chi connectivity index (χ2n) is 10.1. The maximum atomic E-state index is 12.9. The molecule has 31 heavy (non-hydrogen) atoms. The van der Waals surface area contributed by atoms with E-state index in [1.165, 1.54) is 5.57 Å². The van der Waals surface area contributed by atoms with Gasteiger partial charge in [-0.05, 0) is 72.1 Å². The van der Waals surface area contributed by atoms with Gasteiger partial charge in [0.2, 0.25) is 0 Å². The summed E-state index contributed by atoms with van der Waals surface area (Å²) in [6.07, 6.45) is 5.21. The highest BCUT2D eigenvalue weighted by Gasteiger charge is 2.38. The van der Waals surface area contributed by atoms with E-state index in [2.05, 4.69) is 26.5 Å². The van der Waals surface area contributed by atoms with Gasteiger partial charge < -0.3 is 14.9 Å². The third-order valence-corrected chi connectivity index (χ3v) is 6.56. The number of amides is 1. The molecule has 1 amide bonds. The van der Waals surface area contributed by atoms with Crippen molar-refractivity contribution in [3.05, 3.63) is 41.0 Å². The second-order valence-corrected chi connectivity index (χ2v) is 10.1. The quantitative estimate of drug-likeness (QED) is 0.523. The zero-order valence-electron chi connectivity index (χ0n) is 19.8. The number of benzene rings is 1. The number of carbonyl (C=O) groups is 1. The number of allylic oxidation sites excluding steroid dienone is 3. The van der Waals surface area contributed by atoms with E-state index in [4.69, 9.17) is 4.74 Å². The van der Waals surface area contributed by atoms with Crippen molar-refractivity contribution in [2.24, 2.45) is 5.92 Å². The van der Waals surface area contributed by atoms with Gasteiger partial charge in [0.25, 0.3) is 0 Å². The number of hydrogen-bond acceptors (Lipinski definition) is 4. The van der Waals surface area contributed by atoms with E-state index in [0.717, 1.165) is 36.8 Å². The van der Waals surface area contributed by atoms with Gasteiger partial charge in [0, 0.05) is 29.7 Å². The second kappa shape index (κ2) is 8.60. The van der Waals surface area contributed by atoms with Crippen molar-refractivity contribution >= 4 is 11.8 Å². The highest BCUT2D eigenvalue weighted by Crippen LogP contribution is 2.53. The highest BCUT2D eigenvalue weighted by atomic mass is 16.6. The Labute approximate surface area is 186 Å².